The van der Waals surface area contributed by atoms with Crippen LogP contribution >= 0.6 is 0 Å². The first-order chi connectivity index (χ1) is 14.1. The molecule has 3 aromatic rings. The highest BCUT2D eigenvalue weighted by Crippen LogP contribution is 2.29. The van der Waals surface area contributed by atoms with Crippen molar-refractivity contribution in [3.8, 4) is 16.9 Å². The number of rotatable bonds is 5. The number of benzene rings is 1. The second-order valence-corrected chi connectivity index (χ2v) is 7.76. The highest BCUT2D eigenvalue weighted by molar-refractivity contribution is 5.72. The van der Waals surface area contributed by atoms with Crippen molar-refractivity contribution in [3.63, 3.8) is 0 Å². The number of pyridine rings is 1. The van der Waals surface area contributed by atoms with E-state index in [2.05, 4.69) is 43.2 Å². The summed E-state index contributed by atoms with van der Waals surface area (Å²) >= 11 is 0. The van der Waals surface area contributed by atoms with Gasteiger partial charge in [0.05, 0.1) is 5.52 Å². The minimum atomic E-state index is -0.323. The molecule has 2 aromatic heterocycles. The molecule has 2 amide bonds. The Hall–Kier alpha value is -3.02. The highest BCUT2D eigenvalue weighted by atomic mass is 16.5. The highest BCUT2D eigenvalue weighted by Gasteiger charge is 2.31. The summed E-state index contributed by atoms with van der Waals surface area (Å²) in [5, 5.41) is 4.40. The first kappa shape index (κ1) is 19.3. The lowest BCUT2D eigenvalue weighted by Crippen LogP contribution is -2.50. The molecule has 1 aliphatic heterocycles. The minimum Gasteiger partial charge on any atom is -0.490 e. The quantitative estimate of drug-likeness (QED) is 0.699. The number of aryl methyl sites for hydroxylation is 1. The van der Waals surface area contributed by atoms with Crippen molar-refractivity contribution < 1.29 is 9.53 Å². The molecule has 1 aliphatic rings. The van der Waals surface area contributed by atoms with E-state index in [1.165, 1.54) is 0 Å². The van der Waals surface area contributed by atoms with Gasteiger partial charge in [-0.1, -0.05) is 31.5 Å². The Bertz CT molecular complexity index is 996. The molecule has 29 heavy (non-hydrogen) atoms. The molecule has 152 valence electrons. The van der Waals surface area contributed by atoms with Crippen LogP contribution in [0.5, 0.6) is 5.75 Å². The number of hydrogen-bond acceptors (Lipinski definition) is 3. The summed E-state index contributed by atoms with van der Waals surface area (Å²) in [6.45, 7) is 4.87. The molecule has 1 fully saturated rings. The van der Waals surface area contributed by atoms with E-state index in [1.54, 1.807) is 4.90 Å². The van der Waals surface area contributed by atoms with E-state index in [0.29, 0.717) is 6.54 Å². The molecule has 2 N–H and O–H groups in total. The summed E-state index contributed by atoms with van der Waals surface area (Å²) in [7, 11) is 0. The number of fused-ring (bicyclic) bond motifs is 1. The topological polar surface area (TPSA) is 72.9 Å². The van der Waals surface area contributed by atoms with E-state index in [4.69, 9.17) is 10.5 Å². The summed E-state index contributed by atoms with van der Waals surface area (Å²) < 4.78 is 8.20. The molecular weight excluding hydrogens is 364 g/mol. The molecule has 3 heterocycles. The van der Waals surface area contributed by atoms with Gasteiger partial charge in [0, 0.05) is 42.9 Å². The van der Waals surface area contributed by atoms with Crippen LogP contribution in [-0.2, 0) is 0 Å². The Morgan fingerprint density at radius 2 is 2.00 bits per heavy atom. The number of nitrogens with two attached hydrogens (primary N) is 1. The molecule has 6 nitrogen and oxygen atoms in total. The number of carbonyl (C=O) groups excluding carboxylic acids is 1. The summed E-state index contributed by atoms with van der Waals surface area (Å²) in [5.41, 5.74) is 10.0. The third-order valence-electron chi connectivity index (χ3n) is 5.84. The van der Waals surface area contributed by atoms with Crippen LogP contribution in [0.4, 0.5) is 4.79 Å². The van der Waals surface area contributed by atoms with Crippen molar-refractivity contribution in [1.29, 1.82) is 0 Å². The maximum Gasteiger partial charge on any atom is 0.315 e. The summed E-state index contributed by atoms with van der Waals surface area (Å²) in [4.78, 5) is 13.5. The molecule has 0 spiro atoms. The zero-order chi connectivity index (χ0) is 20.4. The Morgan fingerprint density at radius 1 is 1.21 bits per heavy atom. The second-order valence-electron chi connectivity index (χ2n) is 7.76. The van der Waals surface area contributed by atoms with E-state index in [1.807, 2.05) is 28.9 Å². The maximum absolute atomic E-state index is 11.7. The number of ether oxygens (including phenoxy) is 1. The fourth-order valence-corrected chi connectivity index (χ4v) is 4.35. The molecule has 1 saturated heterocycles. The van der Waals surface area contributed by atoms with Crippen molar-refractivity contribution in [3.05, 3.63) is 54.4 Å². The molecule has 0 radical (unpaired) electrons. The molecule has 2 atom stereocenters. The van der Waals surface area contributed by atoms with Crippen molar-refractivity contribution in [2.24, 2.45) is 5.73 Å². The van der Waals surface area contributed by atoms with Gasteiger partial charge in [0.1, 0.15) is 11.9 Å². The minimum absolute atomic E-state index is 0.107. The molecule has 1 aromatic carbocycles. The number of carbonyl (C=O) groups is 1. The zero-order valence-electron chi connectivity index (χ0n) is 17.0. The van der Waals surface area contributed by atoms with Crippen molar-refractivity contribution >= 4 is 11.5 Å². The molecule has 2 unspecified atom stereocenters. The van der Waals surface area contributed by atoms with Crippen LogP contribution in [0.15, 0.2) is 48.7 Å². The van der Waals surface area contributed by atoms with Crippen LogP contribution in [0.2, 0.25) is 0 Å². The zero-order valence-corrected chi connectivity index (χ0v) is 17.0. The Morgan fingerprint density at radius 3 is 2.72 bits per heavy atom. The van der Waals surface area contributed by atoms with Gasteiger partial charge in [-0.05, 0) is 43.2 Å². The van der Waals surface area contributed by atoms with E-state index in [0.717, 1.165) is 53.8 Å². The van der Waals surface area contributed by atoms with Crippen molar-refractivity contribution in [2.45, 2.75) is 51.7 Å². The molecule has 0 saturated carbocycles. The number of amides is 2. The monoisotopic (exact) mass is 392 g/mol. The number of urea groups is 1. The van der Waals surface area contributed by atoms with Crippen LogP contribution < -0.4 is 10.5 Å². The molecule has 0 aliphatic carbocycles. The fraction of sp³-hybridized carbons (Fsp3) is 0.391. The van der Waals surface area contributed by atoms with Gasteiger partial charge in [-0.25, -0.2) is 9.31 Å². The van der Waals surface area contributed by atoms with Crippen LogP contribution in [0.1, 0.15) is 38.3 Å². The molecular formula is C23H28N4O2. The lowest BCUT2D eigenvalue weighted by molar-refractivity contribution is 0.0730. The summed E-state index contributed by atoms with van der Waals surface area (Å²) in [5.74, 6) is 0.861. The molecule has 6 heteroatoms. The van der Waals surface area contributed by atoms with E-state index >= 15 is 0 Å². The normalized spacial score (nSPS) is 19.4. The smallest absolute Gasteiger partial charge is 0.315 e. The van der Waals surface area contributed by atoms with Gasteiger partial charge in [0.25, 0.3) is 0 Å². The van der Waals surface area contributed by atoms with Crippen LogP contribution in [0.3, 0.4) is 0 Å². The van der Waals surface area contributed by atoms with Crippen LogP contribution in [0.25, 0.3) is 16.6 Å². The number of primary amides is 1. The first-order valence-corrected chi connectivity index (χ1v) is 10.3. The number of aromatic nitrogens is 2. The lowest BCUT2D eigenvalue weighted by Gasteiger charge is -2.38. The van der Waals surface area contributed by atoms with Gasteiger partial charge in [-0.15, -0.1) is 0 Å². The van der Waals surface area contributed by atoms with Gasteiger partial charge >= 0.3 is 6.03 Å². The largest absolute Gasteiger partial charge is 0.490 e. The number of likely N-dealkylation sites (tertiary alicyclic amines) is 1. The summed E-state index contributed by atoms with van der Waals surface area (Å²) in [6.07, 6.45) is 5.54. The number of piperidine rings is 1. The van der Waals surface area contributed by atoms with Gasteiger partial charge in [0.2, 0.25) is 0 Å². The van der Waals surface area contributed by atoms with Crippen LogP contribution in [-0.4, -0.2) is 39.2 Å². The SMILES string of the molecule is CCCC1CC(Oc2ccc(-c3ccc4ccnn4c3C)cc2)CCN1C(N)=O. The predicted octanol–water partition coefficient (Wildman–Crippen LogP) is 4.40. The van der Waals surface area contributed by atoms with Crippen molar-refractivity contribution in [2.75, 3.05) is 6.54 Å². The number of nitrogens with zero attached hydrogens (tertiary/aromatic N) is 3. The number of hydrogen-bond donors (Lipinski definition) is 1. The Balaban J connectivity index is 1.47. The van der Waals surface area contributed by atoms with Gasteiger partial charge in [-0.3, -0.25) is 0 Å². The average molecular weight is 393 g/mol. The lowest BCUT2D eigenvalue weighted by atomic mass is 9.96. The maximum atomic E-state index is 11.7. The third kappa shape index (κ3) is 3.92. The van der Waals surface area contributed by atoms with E-state index in [9.17, 15) is 4.79 Å². The van der Waals surface area contributed by atoms with E-state index < -0.39 is 0 Å². The molecule has 0 bridgehead atoms. The standard InChI is InChI=1S/C23H28N4O2/c1-3-4-19-15-21(12-14-26(19)23(24)28)29-20-8-5-17(6-9-20)22-10-7-18-11-13-25-27(18)16(22)2/h5-11,13,19,21H,3-4,12,14-15H2,1-2H3,(H2,24,28). The van der Waals surface area contributed by atoms with Gasteiger partial charge in [-0.2, -0.15) is 5.10 Å². The van der Waals surface area contributed by atoms with Gasteiger partial charge in [0.15, 0.2) is 0 Å². The van der Waals surface area contributed by atoms with Gasteiger partial charge < -0.3 is 15.4 Å². The first-order valence-electron chi connectivity index (χ1n) is 10.3. The van der Waals surface area contributed by atoms with Crippen LogP contribution in [0, 0.1) is 6.92 Å². The average Bonchev–Trinajstić information content (AvgIpc) is 3.19. The van der Waals surface area contributed by atoms with E-state index in [-0.39, 0.29) is 18.2 Å². The Kier molecular flexibility index (Phi) is 5.43. The molecule has 4 rings (SSSR count). The third-order valence-corrected chi connectivity index (χ3v) is 5.84. The fourth-order valence-electron chi connectivity index (χ4n) is 4.35. The summed E-state index contributed by atoms with van der Waals surface area (Å²) in [6, 6.07) is 14.3. The Labute approximate surface area is 171 Å². The second kappa shape index (κ2) is 8.15. The predicted molar refractivity (Wildman–Crippen MR) is 114 cm³/mol. The van der Waals surface area contributed by atoms with Crippen molar-refractivity contribution in [1.82, 2.24) is 14.5 Å².